The summed E-state index contributed by atoms with van der Waals surface area (Å²) in [6.07, 6.45) is 5.32. The normalized spacial score (nSPS) is 15.9. The van der Waals surface area contributed by atoms with E-state index in [9.17, 15) is 0 Å². The molecular weight excluding hydrogens is 152 g/mol. The van der Waals surface area contributed by atoms with Crippen molar-refractivity contribution in [2.24, 2.45) is 5.73 Å². The van der Waals surface area contributed by atoms with E-state index in [4.69, 9.17) is 10.8 Å². The molecule has 1 rings (SSSR count). The largest absolute Gasteiger partial charge is 0.396 e. The third-order valence-corrected chi connectivity index (χ3v) is 2.11. The molecule has 0 aliphatic rings. The van der Waals surface area contributed by atoms with Crippen molar-refractivity contribution in [3.8, 4) is 0 Å². The van der Waals surface area contributed by atoms with E-state index in [1.54, 1.807) is 0 Å². The lowest BCUT2D eigenvalue weighted by Gasteiger charge is -2.22. The highest BCUT2D eigenvalue weighted by atomic mass is 16.2. The van der Waals surface area contributed by atoms with Crippen LogP contribution in [0.15, 0.2) is 18.5 Å². The first kappa shape index (κ1) is 9.29. The highest BCUT2D eigenvalue weighted by Crippen LogP contribution is 2.21. The van der Waals surface area contributed by atoms with Gasteiger partial charge in [-0.05, 0) is 31.4 Å². The molecule has 0 fully saturated rings. The number of nitrogens with one attached hydrogen (secondary N) is 1. The number of nitrogens with two attached hydrogens (primary N) is 1. The maximum atomic E-state index is 8.66. The van der Waals surface area contributed by atoms with Crippen LogP contribution in [0.25, 0.3) is 0 Å². The Balaban J connectivity index is 2.59. The molecule has 0 aliphatic carbocycles. The van der Waals surface area contributed by atoms with Gasteiger partial charge >= 0.3 is 0 Å². The van der Waals surface area contributed by atoms with Crippen molar-refractivity contribution in [3.05, 3.63) is 24.0 Å². The number of hydrogen-bond acceptors (Lipinski definition) is 2. The van der Waals surface area contributed by atoms with Crippen LogP contribution in [0.5, 0.6) is 0 Å². The van der Waals surface area contributed by atoms with Gasteiger partial charge in [0.25, 0.3) is 0 Å². The zero-order valence-electron chi connectivity index (χ0n) is 7.38. The zero-order chi connectivity index (χ0) is 9.03. The van der Waals surface area contributed by atoms with Crippen molar-refractivity contribution in [2.75, 3.05) is 6.61 Å². The lowest BCUT2D eigenvalue weighted by Crippen LogP contribution is -2.32. The van der Waals surface area contributed by atoms with Gasteiger partial charge < -0.3 is 15.8 Å². The van der Waals surface area contributed by atoms with Crippen molar-refractivity contribution >= 4 is 0 Å². The third-order valence-electron chi connectivity index (χ3n) is 2.11. The topological polar surface area (TPSA) is 62.0 Å². The minimum absolute atomic E-state index is 0.206. The number of aromatic nitrogens is 1. The van der Waals surface area contributed by atoms with E-state index in [0.717, 1.165) is 18.4 Å². The van der Waals surface area contributed by atoms with E-state index in [1.807, 2.05) is 25.4 Å². The lowest BCUT2D eigenvalue weighted by atomic mass is 9.91. The first-order valence-corrected chi connectivity index (χ1v) is 4.20. The van der Waals surface area contributed by atoms with Gasteiger partial charge in [-0.15, -0.1) is 0 Å². The van der Waals surface area contributed by atoms with Crippen LogP contribution >= 0.6 is 0 Å². The Labute approximate surface area is 72.6 Å². The van der Waals surface area contributed by atoms with Gasteiger partial charge in [-0.25, -0.2) is 0 Å². The molecule has 1 atom stereocenters. The van der Waals surface area contributed by atoms with Crippen LogP contribution in [-0.2, 0) is 5.54 Å². The predicted octanol–water partition coefficient (Wildman–Crippen LogP) is 0.961. The van der Waals surface area contributed by atoms with E-state index < -0.39 is 0 Å². The summed E-state index contributed by atoms with van der Waals surface area (Å²) >= 11 is 0. The van der Waals surface area contributed by atoms with Gasteiger partial charge in [0, 0.05) is 24.5 Å². The average Bonchev–Trinajstić information content (AvgIpc) is 2.53. The molecule has 12 heavy (non-hydrogen) atoms. The highest BCUT2D eigenvalue weighted by molar-refractivity contribution is 5.18. The second-order valence-corrected chi connectivity index (χ2v) is 3.34. The number of aliphatic hydroxyl groups is 1. The lowest BCUT2D eigenvalue weighted by molar-refractivity contribution is 0.266. The fraction of sp³-hybridized carbons (Fsp3) is 0.556. The molecule has 0 aliphatic heterocycles. The van der Waals surface area contributed by atoms with Gasteiger partial charge in [-0.2, -0.15) is 0 Å². The fourth-order valence-electron chi connectivity index (χ4n) is 1.27. The van der Waals surface area contributed by atoms with Crippen molar-refractivity contribution in [3.63, 3.8) is 0 Å². The molecule has 1 aromatic rings. The average molecular weight is 168 g/mol. The van der Waals surface area contributed by atoms with Gasteiger partial charge in [-0.1, -0.05) is 0 Å². The SMILES string of the molecule is CC(N)(CCCO)c1cc[nH]c1. The molecule has 0 spiro atoms. The summed E-state index contributed by atoms with van der Waals surface area (Å²) in [5.74, 6) is 0. The molecule has 1 aromatic heterocycles. The molecule has 1 unspecified atom stereocenters. The Morgan fingerprint density at radius 2 is 2.42 bits per heavy atom. The molecule has 0 aromatic carbocycles. The van der Waals surface area contributed by atoms with E-state index in [2.05, 4.69) is 4.98 Å². The van der Waals surface area contributed by atoms with Crippen LogP contribution in [0.3, 0.4) is 0 Å². The van der Waals surface area contributed by atoms with Crippen molar-refractivity contribution in [1.82, 2.24) is 4.98 Å². The zero-order valence-corrected chi connectivity index (χ0v) is 7.38. The maximum Gasteiger partial charge on any atom is 0.0431 e. The van der Waals surface area contributed by atoms with E-state index in [0.29, 0.717) is 0 Å². The summed E-state index contributed by atoms with van der Waals surface area (Å²) < 4.78 is 0. The summed E-state index contributed by atoms with van der Waals surface area (Å²) in [5, 5.41) is 8.66. The number of H-pyrrole nitrogens is 1. The number of aromatic amines is 1. The molecule has 3 nitrogen and oxygen atoms in total. The van der Waals surface area contributed by atoms with Crippen LogP contribution in [0, 0.1) is 0 Å². The smallest absolute Gasteiger partial charge is 0.0431 e. The van der Waals surface area contributed by atoms with Gasteiger partial charge in [0.15, 0.2) is 0 Å². The van der Waals surface area contributed by atoms with Gasteiger partial charge in [-0.3, -0.25) is 0 Å². The van der Waals surface area contributed by atoms with Gasteiger partial charge in [0.2, 0.25) is 0 Å². The minimum atomic E-state index is -0.317. The highest BCUT2D eigenvalue weighted by Gasteiger charge is 2.20. The van der Waals surface area contributed by atoms with Crippen LogP contribution < -0.4 is 5.73 Å². The summed E-state index contributed by atoms with van der Waals surface area (Å²) in [6.45, 7) is 2.18. The molecule has 0 saturated heterocycles. The molecule has 0 bridgehead atoms. The summed E-state index contributed by atoms with van der Waals surface area (Å²) in [7, 11) is 0. The fourth-order valence-corrected chi connectivity index (χ4v) is 1.27. The van der Waals surface area contributed by atoms with E-state index in [1.165, 1.54) is 0 Å². The standard InChI is InChI=1S/C9H16N2O/c1-9(10,4-2-6-12)8-3-5-11-7-8/h3,5,7,11-12H,2,4,6,10H2,1H3. The van der Waals surface area contributed by atoms with Crippen LogP contribution in [0.1, 0.15) is 25.3 Å². The number of aliphatic hydroxyl groups excluding tert-OH is 1. The first-order valence-electron chi connectivity index (χ1n) is 4.20. The molecule has 0 amide bonds. The summed E-state index contributed by atoms with van der Waals surface area (Å²) in [5.41, 5.74) is 6.81. The number of hydrogen-bond donors (Lipinski definition) is 3. The Kier molecular flexibility index (Phi) is 2.89. The van der Waals surface area contributed by atoms with Crippen LogP contribution in [0.2, 0.25) is 0 Å². The van der Waals surface area contributed by atoms with Crippen LogP contribution in [0.4, 0.5) is 0 Å². The molecule has 3 heteroatoms. The number of rotatable bonds is 4. The second kappa shape index (κ2) is 3.74. The molecule has 68 valence electrons. The van der Waals surface area contributed by atoms with Crippen molar-refractivity contribution in [1.29, 1.82) is 0 Å². The Morgan fingerprint density at radius 3 is 2.92 bits per heavy atom. The summed E-state index contributed by atoms with van der Waals surface area (Å²) in [6, 6.07) is 1.97. The summed E-state index contributed by atoms with van der Waals surface area (Å²) in [4.78, 5) is 2.97. The molecule has 1 heterocycles. The van der Waals surface area contributed by atoms with Gasteiger partial charge in [0.05, 0.1) is 0 Å². The minimum Gasteiger partial charge on any atom is -0.396 e. The monoisotopic (exact) mass is 168 g/mol. The van der Waals surface area contributed by atoms with E-state index in [-0.39, 0.29) is 12.1 Å². The molecule has 4 N–H and O–H groups in total. The quantitative estimate of drug-likeness (QED) is 0.627. The van der Waals surface area contributed by atoms with Crippen molar-refractivity contribution in [2.45, 2.75) is 25.3 Å². The second-order valence-electron chi connectivity index (χ2n) is 3.34. The maximum absolute atomic E-state index is 8.66. The Bertz CT molecular complexity index is 216. The van der Waals surface area contributed by atoms with Crippen LogP contribution in [-0.4, -0.2) is 16.7 Å². The Hall–Kier alpha value is -0.800. The molecular formula is C9H16N2O. The molecule has 0 saturated carbocycles. The van der Waals surface area contributed by atoms with E-state index >= 15 is 0 Å². The molecule has 0 radical (unpaired) electrons. The van der Waals surface area contributed by atoms with Gasteiger partial charge in [0.1, 0.15) is 0 Å². The Morgan fingerprint density at radius 1 is 1.67 bits per heavy atom. The predicted molar refractivity (Wildman–Crippen MR) is 48.7 cm³/mol. The van der Waals surface area contributed by atoms with Crippen molar-refractivity contribution < 1.29 is 5.11 Å². The third kappa shape index (κ3) is 2.09. The first-order chi connectivity index (χ1) is 5.67.